The average molecular weight is 479 g/mol. The second-order valence-corrected chi connectivity index (χ2v) is 7.81. The highest BCUT2D eigenvalue weighted by Crippen LogP contribution is 2.40. The van der Waals surface area contributed by atoms with Crippen LogP contribution in [-0.2, 0) is 4.79 Å². The van der Waals surface area contributed by atoms with Gasteiger partial charge in [0.05, 0.1) is 33.3 Å². The number of carbonyl (C=O) groups is 1. The van der Waals surface area contributed by atoms with Crippen molar-refractivity contribution in [3.8, 4) is 5.75 Å². The number of ether oxygens (including phenoxy) is 1. The minimum absolute atomic E-state index is 0.0865. The molecule has 1 amide bonds. The summed E-state index contributed by atoms with van der Waals surface area (Å²) in [5.74, 6) is -1.36. The summed E-state index contributed by atoms with van der Waals surface area (Å²) in [5, 5.41) is 2.95. The monoisotopic (exact) mass is 477 g/mol. The van der Waals surface area contributed by atoms with Crippen LogP contribution < -0.4 is 10.1 Å². The van der Waals surface area contributed by atoms with E-state index in [0.29, 0.717) is 11.3 Å². The number of benzene rings is 1. The summed E-state index contributed by atoms with van der Waals surface area (Å²) in [5.41, 5.74) is 0.925. The molecule has 9 heteroatoms. The zero-order valence-electron chi connectivity index (χ0n) is 15.2. The lowest BCUT2D eigenvalue weighted by Crippen LogP contribution is -2.31. The molecule has 1 heterocycles. The molecular formula is C18H19BrCl2FN3O2. The Kier molecular flexibility index (Phi) is 7.42. The molecule has 5 nitrogen and oxygen atoms in total. The van der Waals surface area contributed by atoms with Crippen LogP contribution >= 0.6 is 39.1 Å². The maximum absolute atomic E-state index is 14.2. The molecule has 1 aromatic heterocycles. The first-order chi connectivity index (χ1) is 12.6. The number of rotatable bonds is 6. The standard InChI is InChI=1S/C18H19BrCl2FN3O2/c1-8(2)27-16-11(7-12(20)14(22)13(16)19)9(3)18(26)25-10(4)15-17(21)24-6-5-23-15/h5-10H,1-4H3,(H,25,26)/t9-,10?/m0/s1. The topological polar surface area (TPSA) is 64.1 Å². The molecule has 1 aromatic carbocycles. The van der Waals surface area contributed by atoms with Gasteiger partial charge in [0.2, 0.25) is 5.91 Å². The van der Waals surface area contributed by atoms with Crippen molar-refractivity contribution in [2.75, 3.05) is 0 Å². The Labute approximate surface area is 175 Å². The fourth-order valence-electron chi connectivity index (χ4n) is 2.44. The molecule has 2 aromatic rings. The van der Waals surface area contributed by atoms with Crippen molar-refractivity contribution in [3.05, 3.63) is 50.2 Å². The number of aromatic nitrogens is 2. The second kappa shape index (κ2) is 9.17. The maximum atomic E-state index is 14.2. The number of hydrogen-bond acceptors (Lipinski definition) is 4. The van der Waals surface area contributed by atoms with Gasteiger partial charge in [0.1, 0.15) is 5.75 Å². The number of hydrogen-bond donors (Lipinski definition) is 1. The van der Waals surface area contributed by atoms with Gasteiger partial charge in [-0.25, -0.2) is 9.37 Å². The predicted molar refractivity (Wildman–Crippen MR) is 107 cm³/mol. The Balaban J connectivity index is 2.32. The average Bonchev–Trinajstić information content (AvgIpc) is 2.61. The lowest BCUT2D eigenvalue weighted by molar-refractivity contribution is -0.122. The third-order valence-electron chi connectivity index (χ3n) is 3.81. The smallest absolute Gasteiger partial charge is 0.227 e. The van der Waals surface area contributed by atoms with Crippen LogP contribution in [0.25, 0.3) is 0 Å². The molecular weight excluding hydrogens is 460 g/mol. The predicted octanol–water partition coefficient (Wildman–Crippen LogP) is 5.45. The normalized spacial score (nSPS) is 13.4. The second-order valence-electron chi connectivity index (χ2n) is 6.26. The summed E-state index contributed by atoms with van der Waals surface area (Å²) in [7, 11) is 0. The van der Waals surface area contributed by atoms with Gasteiger partial charge in [-0.3, -0.25) is 9.78 Å². The number of nitrogens with one attached hydrogen (secondary N) is 1. The van der Waals surface area contributed by atoms with Crippen LogP contribution in [0.1, 0.15) is 50.9 Å². The third-order valence-corrected chi connectivity index (χ3v) is 5.08. The Morgan fingerprint density at radius 3 is 2.44 bits per heavy atom. The Hall–Kier alpha value is -1.44. The first-order valence-corrected chi connectivity index (χ1v) is 9.79. The van der Waals surface area contributed by atoms with Crippen molar-refractivity contribution in [3.63, 3.8) is 0 Å². The number of amides is 1. The largest absolute Gasteiger partial charge is 0.489 e. The molecule has 146 valence electrons. The van der Waals surface area contributed by atoms with Crippen molar-refractivity contribution in [2.45, 2.75) is 45.8 Å². The molecule has 1 N–H and O–H groups in total. The molecule has 0 aliphatic rings. The first kappa shape index (κ1) is 21.9. The highest BCUT2D eigenvalue weighted by Gasteiger charge is 2.27. The van der Waals surface area contributed by atoms with E-state index in [-0.39, 0.29) is 32.4 Å². The van der Waals surface area contributed by atoms with Crippen LogP contribution in [0.4, 0.5) is 4.39 Å². The van der Waals surface area contributed by atoms with Crippen LogP contribution in [0.5, 0.6) is 5.75 Å². The SMILES string of the molecule is CC(C)Oc1c([C@H](C)C(=O)NC(C)c2nccnc2Cl)cc(Cl)c(F)c1Br. The molecule has 0 aliphatic heterocycles. The Morgan fingerprint density at radius 2 is 1.85 bits per heavy atom. The number of nitrogens with zero attached hydrogens (tertiary/aromatic N) is 2. The van der Waals surface area contributed by atoms with E-state index in [4.69, 9.17) is 27.9 Å². The molecule has 0 saturated carbocycles. The highest BCUT2D eigenvalue weighted by atomic mass is 79.9. The minimum Gasteiger partial charge on any atom is -0.489 e. The molecule has 0 saturated heterocycles. The fraction of sp³-hybridized carbons (Fsp3) is 0.389. The lowest BCUT2D eigenvalue weighted by atomic mass is 9.98. The van der Waals surface area contributed by atoms with Gasteiger partial charge < -0.3 is 10.1 Å². The van der Waals surface area contributed by atoms with Crippen LogP contribution in [0.3, 0.4) is 0 Å². The summed E-state index contributed by atoms with van der Waals surface area (Å²) in [6.07, 6.45) is 2.75. The zero-order chi connectivity index (χ0) is 20.3. The molecule has 2 rings (SSSR count). The molecule has 0 fully saturated rings. The Bertz CT molecular complexity index is 852. The van der Waals surface area contributed by atoms with Crippen molar-refractivity contribution in [1.29, 1.82) is 0 Å². The van der Waals surface area contributed by atoms with Crippen molar-refractivity contribution >= 4 is 45.0 Å². The van der Waals surface area contributed by atoms with Gasteiger partial charge >= 0.3 is 0 Å². The van der Waals surface area contributed by atoms with E-state index in [9.17, 15) is 9.18 Å². The van der Waals surface area contributed by atoms with E-state index < -0.39 is 17.8 Å². The summed E-state index contributed by atoms with van der Waals surface area (Å²) in [6.45, 7) is 7.06. The lowest BCUT2D eigenvalue weighted by Gasteiger charge is -2.22. The molecule has 0 bridgehead atoms. The van der Waals surface area contributed by atoms with Crippen molar-refractivity contribution < 1.29 is 13.9 Å². The van der Waals surface area contributed by atoms with Crippen molar-refractivity contribution in [1.82, 2.24) is 15.3 Å². The molecule has 0 spiro atoms. The third kappa shape index (κ3) is 5.09. The van der Waals surface area contributed by atoms with Crippen LogP contribution in [0.2, 0.25) is 10.2 Å². The van der Waals surface area contributed by atoms with E-state index in [1.807, 2.05) is 13.8 Å². The minimum atomic E-state index is -0.661. The summed E-state index contributed by atoms with van der Waals surface area (Å²) in [6, 6.07) is 0.943. The van der Waals surface area contributed by atoms with E-state index in [2.05, 4.69) is 31.2 Å². The molecule has 27 heavy (non-hydrogen) atoms. The first-order valence-electron chi connectivity index (χ1n) is 8.24. The number of carbonyl (C=O) groups excluding carboxylic acids is 1. The van der Waals surface area contributed by atoms with Gasteiger partial charge in [-0.1, -0.05) is 23.2 Å². The molecule has 2 atom stereocenters. The highest BCUT2D eigenvalue weighted by molar-refractivity contribution is 9.10. The molecule has 0 radical (unpaired) electrons. The van der Waals surface area contributed by atoms with Gasteiger partial charge in [-0.05, 0) is 49.7 Å². The van der Waals surface area contributed by atoms with E-state index >= 15 is 0 Å². The zero-order valence-corrected chi connectivity index (χ0v) is 18.3. The number of halogens is 4. The van der Waals surface area contributed by atoms with Crippen LogP contribution in [0.15, 0.2) is 22.9 Å². The van der Waals surface area contributed by atoms with Crippen molar-refractivity contribution in [2.24, 2.45) is 0 Å². The van der Waals surface area contributed by atoms with Gasteiger partial charge in [0, 0.05) is 18.0 Å². The fourth-order valence-corrected chi connectivity index (χ4v) is 3.57. The molecule has 0 aliphatic carbocycles. The quantitative estimate of drug-likeness (QED) is 0.560. The van der Waals surface area contributed by atoms with Gasteiger partial charge in [-0.15, -0.1) is 0 Å². The maximum Gasteiger partial charge on any atom is 0.227 e. The Morgan fingerprint density at radius 1 is 1.22 bits per heavy atom. The van der Waals surface area contributed by atoms with Crippen LogP contribution in [-0.4, -0.2) is 22.0 Å². The summed E-state index contributed by atoms with van der Waals surface area (Å²) in [4.78, 5) is 20.9. The van der Waals surface area contributed by atoms with Gasteiger partial charge in [-0.2, -0.15) is 0 Å². The van der Waals surface area contributed by atoms with Gasteiger partial charge in [0.25, 0.3) is 0 Å². The summed E-state index contributed by atoms with van der Waals surface area (Å²) >= 11 is 15.2. The van der Waals surface area contributed by atoms with Crippen LogP contribution in [0, 0.1) is 5.82 Å². The van der Waals surface area contributed by atoms with E-state index in [0.717, 1.165) is 0 Å². The van der Waals surface area contributed by atoms with Gasteiger partial charge in [0.15, 0.2) is 11.0 Å². The van der Waals surface area contributed by atoms with E-state index in [1.54, 1.807) is 13.8 Å². The summed E-state index contributed by atoms with van der Waals surface area (Å²) < 4.78 is 20.0. The molecule has 1 unspecified atom stereocenters. The van der Waals surface area contributed by atoms with E-state index in [1.165, 1.54) is 18.5 Å².